The van der Waals surface area contributed by atoms with Crippen LogP contribution in [0.5, 0.6) is 0 Å². The highest BCUT2D eigenvalue weighted by Gasteiger charge is 2.38. The molecule has 88 valence electrons. The number of carbonyl (C=O) groups excluding carboxylic acids is 2. The molecule has 0 aliphatic heterocycles. The molecule has 0 aromatic rings. The van der Waals surface area contributed by atoms with E-state index in [0.717, 1.165) is 0 Å². The van der Waals surface area contributed by atoms with Crippen LogP contribution in [0.1, 0.15) is 13.3 Å². The Kier molecular flexibility index (Phi) is 7.09. The molecule has 0 spiro atoms. The van der Waals surface area contributed by atoms with Crippen molar-refractivity contribution in [3.63, 3.8) is 0 Å². The first-order valence-corrected chi connectivity index (χ1v) is 5.17. The minimum Gasteiger partial charge on any atom is -0.382 e. The molecule has 0 aromatic heterocycles. The average Bonchev–Trinajstić information content (AvgIpc) is 2.16. The van der Waals surface area contributed by atoms with Gasteiger partial charge in [-0.15, -0.1) is 0 Å². The second kappa shape index (κ2) is 7.17. The van der Waals surface area contributed by atoms with Crippen molar-refractivity contribution in [2.24, 2.45) is 5.41 Å². The number of halogens is 2. The zero-order valence-corrected chi connectivity index (χ0v) is 10.2. The molecule has 15 heavy (non-hydrogen) atoms. The van der Waals surface area contributed by atoms with Gasteiger partial charge in [0, 0.05) is 13.7 Å². The summed E-state index contributed by atoms with van der Waals surface area (Å²) < 4.78 is 9.88. The molecule has 0 amide bonds. The molecule has 6 heteroatoms. The van der Waals surface area contributed by atoms with Crippen molar-refractivity contribution in [3.8, 4) is 0 Å². The number of rotatable bonds is 8. The molecule has 0 heterocycles. The Hall–Kier alpha value is -0.160. The third-order valence-electron chi connectivity index (χ3n) is 2.05. The molecule has 0 bridgehead atoms. The van der Waals surface area contributed by atoms with Gasteiger partial charge in [-0.1, -0.05) is 0 Å². The van der Waals surface area contributed by atoms with Gasteiger partial charge >= 0.3 is 0 Å². The number of carbonyl (C=O) groups is 2. The maximum Gasteiger partial charge on any atom is 0.236 e. The van der Waals surface area contributed by atoms with Crippen LogP contribution >= 0.6 is 23.2 Å². The fraction of sp³-hybridized carbons (Fsp3) is 0.778. The van der Waals surface area contributed by atoms with E-state index < -0.39 is 15.9 Å². The fourth-order valence-electron chi connectivity index (χ4n) is 0.794. The molecule has 0 rings (SSSR count). The highest BCUT2D eigenvalue weighted by molar-refractivity contribution is 6.74. The summed E-state index contributed by atoms with van der Waals surface area (Å²) in [7, 11) is 1.55. The van der Waals surface area contributed by atoms with E-state index in [1.54, 1.807) is 7.11 Å². The summed E-state index contributed by atoms with van der Waals surface area (Å²) in [5.74, 6) is 0. The molecule has 0 aromatic carbocycles. The quantitative estimate of drug-likeness (QED) is 0.376. The van der Waals surface area contributed by atoms with E-state index in [1.165, 1.54) is 6.92 Å². The van der Waals surface area contributed by atoms with Crippen molar-refractivity contribution in [2.45, 2.75) is 13.3 Å². The normalized spacial score (nSPS) is 11.5. The molecule has 0 saturated carbocycles. The van der Waals surface area contributed by atoms with E-state index in [0.29, 0.717) is 13.2 Å². The number of ether oxygens (including phenoxy) is 2. The summed E-state index contributed by atoms with van der Waals surface area (Å²) >= 11 is 10.6. The summed E-state index contributed by atoms with van der Waals surface area (Å²) in [6.45, 7) is 2.49. The van der Waals surface area contributed by atoms with Crippen LogP contribution in [0.3, 0.4) is 0 Å². The fourth-order valence-corrected chi connectivity index (χ4v) is 1.20. The number of hydrogen-bond acceptors (Lipinski definition) is 4. The second-order valence-corrected chi connectivity index (χ2v) is 3.92. The van der Waals surface area contributed by atoms with Crippen molar-refractivity contribution in [1.29, 1.82) is 0 Å². The van der Waals surface area contributed by atoms with E-state index >= 15 is 0 Å². The van der Waals surface area contributed by atoms with Crippen LogP contribution in [-0.4, -0.2) is 37.4 Å². The molecule has 0 radical (unpaired) electrons. The molecule has 0 fully saturated rings. The maximum absolute atomic E-state index is 11.0. The van der Waals surface area contributed by atoms with E-state index in [1.807, 2.05) is 0 Å². The SMILES string of the molecule is COCCOCCC(C)(C(=O)Cl)C(=O)Cl. The Morgan fingerprint density at radius 2 is 1.67 bits per heavy atom. The lowest BCUT2D eigenvalue weighted by Crippen LogP contribution is -2.32. The number of methoxy groups -OCH3 is 1. The summed E-state index contributed by atoms with van der Waals surface area (Å²) in [4.78, 5) is 22.0. The number of hydrogen-bond donors (Lipinski definition) is 0. The standard InChI is InChI=1S/C9H14Cl2O4/c1-9(7(10)12,8(11)13)3-4-15-6-5-14-2/h3-6H2,1-2H3. The summed E-state index contributed by atoms with van der Waals surface area (Å²) in [6.07, 6.45) is 0.168. The minimum atomic E-state index is -1.36. The summed E-state index contributed by atoms with van der Waals surface area (Å²) in [5.41, 5.74) is -1.36. The molecule has 0 N–H and O–H groups in total. The zero-order chi connectivity index (χ0) is 11.9. The van der Waals surface area contributed by atoms with E-state index in [2.05, 4.69) is 0 Å². The molecular formula is C9H14Cl2O4. The van der Waals surface area contributed by atoms with Gasteiger partial charge < -0.3 is 9.47 Å². The van der Waals surface area contributed by atoms with Gasteiger partial charge in [-0.25, -0.2) is 0 Å². The first-order valence-electron chi connectivity index (χ1n) is 4.41. The van der Waals surface area contributed by atoms with Gasteiger partial charge in [0.05, 0.1) is 13.2 Å². The van der Waals surface area contributed by atoms with Crippen LogP contribution in [0.15, 0.2) is 0 Å². The highest BCUT2D eigenvalue weighted by atomic mass is 35.5. The summed E-state index contributed by atoms with van der Waals surface area (Å²) in [5, 5.41) is -1.53. The molecule has 4 nitrogen and oxygen atoms in total. The predicted molar refractivity (Wildman–Crippen MR) is 57.1 cm³/mol. The van der Waals surface area contributed by atoms with Crippen LogP contribution in [0, 0.1) is 5.41 Å². The van der Waals surface area contributed by atoms with Crippen LogP contribution < -0.4 is 0 Å². The average molecular weight is 257 g/mol. The molecule has 0 aliphatic carbocycles. The molecule has 0 aliphatic rings. The molecule has 0 atom stereocenters. The lowest BCUT2D eigenvalue weighted by atomic mass is 9.90. The van der Waals surface area contributed by atoms with Crippen molar-refractivity contribution >= 4 is 33.7 Å². The van der Waals surface area contributed by atoms with E-state index in [4.69, 9.17) is 32.7 Å². The van der Waals surface area contributed by atoms with E-state index in [-0.39, 0.29) is 13.0 Å². The van der Waals surface area contributed by atoms with Crippen LogP contribution in [-0.2, 0) is 19.1 Å². The topological polar surface area (TPSA) is 52.6 Å². The van der Waals surface area contributed by atoms with Crippen molar-refractivity contribution < 1.29 is 19.1 Å². The van der Waals surface area contributed by atoms with Gasteiger partial charge in [0.25, 0.3) is 0 Å². The van der Waals surface area contributed by atoms with Crippen molar-refractivity contribution in [3.05, 3.63) is 0 Å². The predicted octanol–water partition coefficient (Wildman–Crippen LogP) is 1.58. The van der Waals surface area contributed by atoms with E-state index in [9.17, 15) is 9.59 Å². The lowest BCUT2D eigenvalue weighted by Gasteiger charge is -2.19. The lowest BCUT2D eigenvalue weighted by molar-refractivity contribution is -0.131. The van der Waals surface area contributed by atoms with Gasteiger partial charge in [-0.3, -0.25) is 9.59 Å². The van der Waals surface area contributed by atoms with Crippen LogP contribution in [0.2, 0.25) is 0 Å². The van der Waals surface area contributed by atoms with Gasteiger partial charge in [0.2, 0.25) is 10.5 Å². The molecule has 0 saturated heterocycles. The third kappa shape index (κ3) is 4.93. The molecular weight excluding hydrogens is 243 g/mol. The zero-order valence-electron chi connectivity index (χ0n) is 8.72. The largest absolute Gasteiger partial charge is 0.382 e. The maximum atomic E-state index is 11.0. The second-order valence-electron chi connectivity index (χ2n) is 3.23. The Morgan fingerprint density at radius 1 is 1.13 bits per heavy atom. The Balaban J connectivity index is 3.99. The third-order valence-corrected chi connectivity index (χ3v) is 2.88. The Bertz CT molecular complexity index is 216. The van der Waals surface area contributed by atoms with Gasteiger partial charge in [0.15, 0.2) is 0 Å². The smallest absolute Gasteiger partial charge is 0.236 e. The van der Waals surface area contributed by atoms with Gasteiger partial charge in [-0.2, -0.15) is 0 Å². The molecule has 0 unspecified atom stereocenters. The first-order chi connectivity index (χ1) is 6.95. The minimum absolute atomic E-state index is 0.168. The van der Waals surface area contributed by atoms with Crippen LogP contribution in [0.4, 0.5) is 0 Å². The van der Waals surface area contributed by atoms with Gasteiger partial charge in [0.1, 0.15) is 5.41 Å². The summed E-state index contributed by atoms with van der Waals surface area (Å²) in [6, 6.07) is 0. The van der Waals surface area contributed by atoms with Crippen molar-refractivity contribution in [1.82, 2.24) is 0 Å². The van der Waals surface area contributed by atoms with Crippen molar-refractivity contribution in [2.75, 3.05) is 26.9 Å². The monoisotopic (exact) mass is 256 g/mol. The Morgan fingerprint density at radius 3 is 2.07 bits per heavy atom. The van der Waals surface area contributed by atoms with Gasteiger partial charge in [-0.05, 0) is 36.5 Å². The Labute approximate surface area is 98.8 Å². The first kappa shape index (κ1) is 14.8. The highest BCUT2D eigenvalue weighted by Crippen LogP contribution is 2.27. The van der Waals surface area contributed by atoms with Crippen LogP contribution in [0.25, 0.3) is 0 Å².